The van der Waals surface area contributed by atoms with Gasteiger partial charge in [-0.05, 0) is 71.7 Å². The first-order valence-electron chi connectivity index (χ1n) is 11.2. The first-order chi connectivity index (χ1) is 14.7. The zero-order valence-corrected chi connectivity index (χ0v) is 19.9. The Bertz CT molecular complexity index is 730. The van der Waals surface area contributed by atoms with E-state index in [4.69, 9.17) is 9.47 Å². The molecule has 7 heteroatoms. The molecule has 1 aromatic rings. The minimum atomic E-state index is -0.953. The Hall–Kier alpha value is -2.12. The predicted molar refractivity (Wildman–Crippen MR) is 124 cm³/mol. The Labute approximate surface area is 187 Å². The van der Waals surface area contributed by atoms with E-state index in [1.54, 1.807) is 33.1 Å². The molecule has 1 atom stereocenters. The molecule has 0 spiro atoms. The summed E-state index contributed by atoms with van der Waals surface area (Å²) >= 11 is 0. The summed E-state index contributed by atoms with van der Waals surface area (Å²) in [5.74, 6) is 0.612. The minimum absolute atomic E-state index is 0.0245. The number of benzene rings is 1. The molecule has 1 heterocycles. The maximum Gasteiger partial charge on any atom is 0.254 e. The molecule has 0 aromatic heterocycles. The molecule has 1 amide bonds. The van der Waals surface area contributed by atoms with Crippen LogP contribution >= 0.6 is 0 Å². The molecular formula is C24H39N3O4. The topological polar surface area (TPSA) is 71.1 Å². The molecule has 1 aliphatic rings. The molecule has 0 bridgehead atoms. The summed E-state index contributed by atoms with van der Waals surface area (Å²) in [6, 6.07) is 5.78. The van der Waals surface area contributed by atoms with Gasteiger partial charge in [-0.3, -0.25) is 9.59 Å². The summed E-state index contributed by atoms with van der Waals surface area (Å²) in [4.78, 5) is 29.0. The van der Waals surface area contributed by atoms with Crippen molar-refractivity contribution in [2.24, 2.45) is 0 Å². The van der Waals surface area contributed by atoms with Crippen LogP contribution in [0.1, 0.15) is 57.3 Å². The number of nitrogens with one attached hydrogen (secondary N) is 1. The Morgan fingerprint density at radius 1 is 1.35 bits per heavy atom. The van der Waals surface area contributed by atoms with Gasteiger partial charge in [0, 0.05) is 51.5 Å². The second-order valence-electron chi connectivity index (χ2n) is 9.08. The molecule has 0 saturated carbocycles. The quantitative estimate of drug-likeness (QED) is 0.427. The molecule has 174 valence electrons. The number of aldehydes is 1. The van der Waals surface area contributed by atoms with Crippen molar-refractivity contribution >= 4 is 17.9 Å². The van der Waals surface area contributed by atoms with Gasteiger partial charge >= 0.3 is 0 Å². The van der Waals surface area contributed by atoms with Crippen molar-refractivity contribution < 1.29 is 19.1 Å². The monoisotopic (exact) mass is 433 g/mol. The third kappa shape index (κ3) is 6.94. The largest absolute Gasteiger partial charge is 0.478 e. The lowest BCUT2D eigenvalue weighted by Crippen LogP contribution is -2.51. The summed E-state index contributed by atoms with van der Waals surface area (Å²) in [5.41, 5.74) is 0.470. The number of piperidine rings is 1. The Morgan fingerprint density at radius 3 is 2.68 bits per heavy atom. The molecule has 1 saturated heterocycles. The number of rotatable bonds is 11. The summed E-state index contributed by atoms with van der Waals surface area (Å²) in [7, 11) is 3.65. The van der Waals surface area contributed by atoms with E-state index in [1.165, 1.54) is 0 Å². The fraction of sp³-hybridized carbons (Fsp3) is 0.667. The van der Waals surface area contributed by atoms with Gasteiger partial charge in [0.2, 0.25) is 0 Å². The first kappa shape index (κ1) is 25.1. The summed E-state index contributed by atoms with van der Waals surface area (Å²) in [6.45, 7) is 10.8. The van der Waals surface area contributed by atoms with Gasteiger partial charge in [0.05, 0.1) is 5.69 Å². The number of hydrogen-bond donors (Lipinski definition) is 1. The molecule has 1 aliphatic heterocycles. The van der Waals surface area contributed by atoms with Crippen molar-refractivity contribution in [1.29, 1.82) is 0 Å². The second-order valence-corrected chi connectivity index (χ2v) is 9.08. The number of methoxy groups -OCH3 is 1. The van der Waals surface area contributed by atoms with Crippen molar-refractivity contribution in [3.8, 4) is 5.75 Å². The van der Waals surface area contributed by atoms with E-state index in [0.717, 1.165) is 50.9 Å². The normalized spacial score (nSPS) is 16.8. The van der Waals surface area contributed by atoms with Gasteiger partial charge in [-0.2, -0.15) is 0 Å². The number of carbonyl (C=O) groups is 2. The molecule has 0 unspecified atom stereocenters. The minimum Gasteiger partial charge on any atom is -0.478 e. The van der Waals surface area contributed by atoms with Crippen molar-refractivity contribution in [2.75, 3.05) is 45.3 Å². The highest BCUT2D eigenvalue weighted by Crippen LogP contribution is 2.32. The van der Waals surface area contributed by atoms with E-state index in [-0.39, 0.29) is 18.0 Å². The van der Waals surface area contributed by atoms with E-state index in [2.05, 4.69) is 19.2 Å². The number of anilines is 1. The van der Waals surface area contributed by atoms with Crippen LogP contribution in [-0.4, -0.2) is 75.2 Å². The molecule has 1 N–H and O–H groups in total. The molecular weight excluding hydrogens is 394 g/mol. The van der Waals surface area contributed by atoms with Crippen LogP contribution in [0.15, 0.2) is 18.2 Å². The standard InChI is InChI=1S/C24H39N3O4/c1-18(2)27(20-9-7-12-25-16-20)23(29)19-10-11-22(31-24(3,4)17-28)21(15-19)26(5)13-8-14-30-6/h10-11,15,17-18,20,25H,7-9,12-14,16H2,1-6H3/t20-/m1/s1. The van der Waals surface area contributed by atoms with Gasteiger partial charge in [-0.1, -0.05) is 0 Å². The lowest BCUT2D eigenvalue weighted by molar-refractivity contribution is -0.118. The van der Waals surface area contributed by atoms with Crippen LogP contribution in [0, 0.1) is 0 Å². The SMILES string of the molecule is COCCCN(C)c1cc(C(=O)N(C(C)C)[C@@H]2CCCNC2)ccc1OC(C)(C)C=O. The fourth-order valence-electron chi connectivity index (χ4n) is 3.95. The van der Waals surface area contributed by atoms with Crippen LogP contribution in [0.25, 0.3) is 0 Å². The molecule has 31 heavy (non-hydrogen) atoms. The van der Waals surface area contributed by atoms with Crippen molar-refractivity contribution in [2.45, 2.75) is 64.6 Å². The van der Waals surface area contributed by atoms with Gasteiger partial charge in [-0.15, -0.1) is 0 Å². The maximum absolute atomic E-state index is 13.5. The highest BCUT2D eigenvalue weighted by molar-refractivity contribution is 5.96. The Balaban J connectivity index is 2.36. The van der Waals surface area contributed by atoms with Gasteiger partial charge in [0.25, 0.3) is 5.91 Å². The number of carbonyl (C=O) groups excluding carboxylic acids is 2. The number of nitrogens with zero attached hydrogens (tertiary/aromatic N) is 2. The molecule has 1 fully saturated rings. The van der Waals surface area contributed by atoms with Crippen molar-refractivity contribution in [1.82, 2.24) is 10.2 Å². The summed E-state index contributed by atoms with van der Waals surface area (Å²) in [5, 5.41) is 3.41. The van der Waals surface area contributed by atoms with Crippen LogP contribution in [0.2, 0.25) is 0 Å². The van der Waals surface area contributed by atoms with E-state index in [1.807, 2.05) is 22.9 Å². The molecule has 7 nitrogen and oxygen atoms in total. The number of hydrogen-bond acceptors (Lipinski definition) is 6. The lowest BCUT2D eigenvalue weighted by Gasteiger charge is -2.38. The average Bonchev–Trinajstić information content (AvgIpc) is 2.74. The van der Waals surface area contributed by atoms with Crippen LogP contribution in [0.4, 0.5) is 5.69 Å². The van der Waals surface area contributed by atoms with Gasteiger partial charge in [0.15, 0.2) is 11.9 Å². The average molecular weight is 434 g/mol. The number of amides is 1. The van der Waals surface area contributed by atoms with E-state index < -0.39 is 5.60 Å². The Morgan fingerprint density at radius 2 is 2.10 bits per heavy atom. The van der Waals surface area contributed by atoms with Crippen LogP contribution < -0.4 is 15.0 Å². The summed E-state index contributed by atoms with van der Waals surface area (Å²) < 4.78 is 11.2. The van der Waals surface area contributed by atoms with E-state index in [0.29, 0.717) is 17.9 Å². The fourth-order valence-corrected chi connectivity index (χ4v) is 3.95. The Kier molecular flexibility index (Phi) is 9.32. The van der Waals surface area contributed by atoms with Crippen molar-refractivity contribution in [3.63, 3.8) is 0 Å². The molecule has 0 radical (unpaired) electrons. The lowest BCUT2D eigenvalue weighted by atomic mass is 10.0. The zero-order chi connectivity index (χ0) is 23.0. The van der Waals surface area contributed by atoms with Gasteiger partial charge in [-0.25, -0.2) is 0 Å². The highest BCUT2D eigenvalue weighted by atomic mass is 16.5. The molecule has 1 aromatic carbocycles. The highest BCUT2D eigenvalue weighted by Gasteiger charge is 2.29. The summed E-state index contributed by atoms with van der Waals surface area (Å²) in [6.07, 6.45) is 3.71. The van der Waals surface area contributed by atoms with Crippen LogP contribution in [0.3, 0.4) is 0 Å². The van der Waals surface area contributed by atoms with Crippen LogP contribution in [-0.2, 0) is 9.53 Å². The smallest absolute Gasteiger partial charge is 0.254 e. The number of ether oxygens (including phenoxy) is 2. The maximum atomic E-state index is 13.5. The third-order valence-corrected chi connectivity index (χ3v) is 5.57. The van der Waals surface area contributed by atoms with E-state index >= 15 is 0 Å². The van der Waals surface area contributed by atoms with Crippen molar-refractivity contribution in [3.05, 3.63) is 23.8 Å². The van der Waals surface area contributed by atoms with E-state index in [9.17, 15) is 9.59 Å². The van der Waals surface area contributed by atoms with Gasteiger partial charge < -0.3 is 24.6 Å². The second kappa shape index (κ2) is 11.5. The van der Waals surface area contributed by atoms with Gasteiger partial charge in [0.1, 0.15) is 5.75 Å². The van der Waals surface area contributed by atoms with Crippen LogP contribution in [0.5, 0.6) is 5.75 Å². The molecule has 2 rings (SSSR count). The predicted octanol–water partition coefficient (Wildman–Crippen LogP) is 3.12. The zero-order valence-electron chi connectivity index (χ0n) is 19.9. The first-order valence-corrected chi connectivity index (χ1v) is 11.2. The third-order valence-electron chi connectivity index (χ3n) is 5.57. The molecule has 0 aliphatic carbocycles.